The predicted octanol–water partition coefficient (Wildman–Crippen LogP) is 0.866. The Balaban J connectivity index is 1.82. The lowest BCUT2D eigenvalue weighted by Crippen LogP contribution is -2.43. The number of methoxy groups -OCH3 is 1. The third kappa shape index (κ3) is 3.72. The van der Waals surface area contributed by atoms with E-state index in [4.69, 9.17) is 9.47 Å². The molecule has 1 aromatic rings. The Labute approximate surface area is 101 Å². The Morgan fingerprint density at radius 2 is 2.00 bits per heavy atom. The van der Waals surface area contributed by atoms with E-state index in [0.29, 0.717) is 0 Å². The molecule has 1 aromatic carbocycles. The van der Waals surface area contributed by atoms with Crippen LogP contribution < -0.4 is 10.3 Å². The average molecular weight is 235 g/mol. The van der Waals surface area contributed by atoms with E-state index in [0.717, 1.165) is 37.6 Å². The molecule has 1 fully saturated rings. The first-order chi connectivity index (χ1) is 8.38. The van der Waals surface area contributed by atoms with Crippen molar-refractivity contribution in [1.29, 1.82) is 0 Å². The van der Waals surface area contributed by atoms with Gasteiger partial charge in [-0.1, -0.05) is 0 Å². The second-order valence-electron chi connectivity index (χ2n) is 3.73. The van der Waals surface area contributed by atoms with Crippen LogP contribution in [0.3, 0.4) is 0 Å². The third-order valence-electron chi connectivity index (χ3n) is 2.54. The zero-order valence-electron chi connectivity index (χ0n) is 9.93. The van der Waals surface area contributed by atoms with Crippen molar-refractivity contribution < 1.29 is 9.47 Å². The minimum absolute atomic E-state index is 0.755. The highest BCUT2D eigenvalue weighted by Gasteiger charge is 2.07. The van der Waals surface area contributed by atoms with Crippen LogP contribution in [0.25, 0.3) is 0 Å². The second kappa shape index (κ2) is 6.22. The van der Waals surface area contributed by atoms with E-state index in [1.54, 1.807) is 13.3 Å². The molecule has 0 spiro atoms. The van der Waals surface area contributed by atoms with Gasteiger partial charge in [0.2, 0.25) is 0 Å². The highest BCUT2D eigenvalue weighted by molar-refractivity contribution is 5.79. The zero-order valence-corrected chi connectivity index (χ0v) is 9.93. The first kappa shape index (κ1) is 11.9. The van der Waals surface area contributed by atoms with Crippen LogP contribution in [0.4, 0.5) is 0 Å². The largest absolute Gasteiger partial charge is 0.497 e. The molecule has 0 unspecified atom stereocenters. The number of hydrogen-bond donors (Lipinski definition) is 1. The van der Waals surface area contributed by atoms with Crippen molar-refractivity contribution in [3.05, 3.63) is 29.8 Å². The van der Waals surface area contributed by atoms with E-state index in [1.807, 2.05) is 29.3 Å². The van der Waals surface area contributed by atoms with Gasteiger partial charge in [0, 0.05) is 13.1 Å². The molecule has 5 heteroatoms. The highest BCUT2D eigenvalue weighted by atomic mass is 16.5. The second-order valence-corrected chi connectivity index (χ2v) is 3.73. The summed E-state index contributed by atoms with van der Waals surface area (Å²) in [6.07, 6.45) is 1.79. The van der Waals surface area contributed by atoms with Gasteiger partial charge in [0.15, 0.2) is 0 Å². The van der Waals surface area contributed by atoms with Gasteiger partial charge in [-0.2, -0.15) is 5.10 Å². The summed E-state index contributed by atoms with van der Waals surface area (Å²) in [5, 5.41) is 6.21. The summed E-state index contributed by atoms with van der Waals surface area (Å²) in [4.78, 5) is 0. The van der Waals surface area contributed by atoms with Crippen molar-refractivity contribution in [2.45, 2.75) is 0 Å². The molecule has 2 rings (SSSR count). The van der Waals surface area contributed by atoms with Gasteiger partial charge in [-0.15, -0.1) is 0 Å². The van der Waals surface area contributed by atoms with Gasteiger partial charge >= 0.3 is 0 Å². The first-order valence-corrected chi connectivity index (χ1v) is 5.64. The summed E-state index contributed by atoms with van der Waals surface area (Å²) in [7, 11) is 1.66. The summed E-state index contributed by atoms with van der Waals surface area (Å²) in [6.45, 7) is 3.23. The van der Waals surface area contributed by atoms with E-state index < -0.39 is 0 Å². The maximum absolute atomic E-state index is 5.24. The van der Waals surface area contributed by atoms with Gasteiger partial charge in [-0.25, -0.2) is 10.5 Å². The molecular formula is C12H17N3O2. The van der Waals surface area contributed by atoms with Crippen LogP contribution >= 0.6 is 0 Å². The fourth-order valence-electron chi connectivity index (χ4n) is 1.54. The normalized spacial score (nSPS) is 17.2. The standard InChI is InChI=1S/C12H17N3O2/c1-16-12-4-2-11(3-5-12)10-13-14-15-6-8-17-9-7-15/h2-5,10,14H,6-9H2,1H3. The summed E-state index contributed by atoms with van der Waals surface area (Å²) >= 11 is 0. The van der Waals surface area contributed by atoms with Crippen LogP contribution in [0.5, 0.6) is 5.75 Å². The number of hydrazine groups is 1. The van der Waals surface area contributed by atoms with Gasteiger partial charge < -0.3 is 9.47 Å². The van der Waals surface area contributed by atoms with E-state index in [-0.39, 0.29) is 0 Å². The number of ether oxygens (including phenoxy) is 2. The van der Waals surface area contributed by atoms with Crippen molar-refractivity contribution in [2.24, 2.45) is 5.10 Å². The number of benzene rings is 1. The van der Waals surface area contributed by atoms with Crippen molar-refractivity contribution in [3.8, 4) is 5.75 Å². The fraction of sp³-hybridized carbons (Fsp3) is 0.417. The van der Waals surface area contributed by atoms with Crippen molar-refractivity contribution >= 4 is 6.21 Å². The van der Waals surface area contributed by atoms with Gasteiger partial charge in [0.1, 0.15) is 5.75 Å². The van der Waals surface area contributed by atoms with E-state index in [2.05, 4.69) is 10.6 Å². The number of nitrogens with zero attached hydrogens (tertiary/aromatic N) is 2. The minimum Gasteiger partial charge on any atom is -0.497 e. The Morgan fingerprint density at radius 1 is 1.29 bits per heavy atom. The summed E-state index contributed by atoms with van der Waals surface area (Å²) in [6, 6.07) is 7.75. The molecule has 0 aliphatic carbocycles. The zero-order chi connectivity index (χ0) is 11.9. The quantitative estimate of drug-likeness (QED) is 0.621. The van der Waals surface area contributed by atoms with E-state index >= 15 is 0 Å². The summed E-state index contributed by atoms with van der Waals surface area (Å²) < 4.78 is 10.3. The highest BCUT2D eigenvalue weighted by Crippen LogP contribution is 2.09. The molecule has 1 aliphatic heterocycles. The van der Waals surface area contributed by atoms with Crippen LogP contribution in [0, 0.1) is 0 Å². The van der Waals surface area contributed by atoms with Crippen LogP contribution in [-0.2, 0) is 4.74 Å². The number of hydrogen-bond acceptors (Lipinski definition) is 5. The molecule has 0 radical (unpaired) electrons. The Hall–Kier alpha value is -1.59. The monoisotopic (exact) mass is 235 g/mol. The maximum Gasteiger partial charge on any atom is 0.118 e. The van der Waals surface area contributed by atoms with Gasteiger partial charge in [0.25, 0.3) is 0 Å². The lowest BCUT2D eigenvalue weighted by molar-refractivity contribution is 0.0128. The van der Waals surface area contributed by atoms with Crippen molar-refractivity contribution in [2.75, 3.05) is 33.4 Å². The molecule has 1 aliphatic rings. The Bertz CT molecular complexity index is 359. The molecule has 0 bridgehead atoms. The molecule has 1 saturated heterocycles. The Kier molecular flexibility index (Phi) is 4.35. The molecule has 1 heterocycles. The molecule has 0 saturated carbocycles. The third-order valence-corrected chi connectivity index (χ3v) is 2.54. The van der Waals surface area contributed by atoms with Crippen molar-refractivity contribution in [1.82, 2.24) is 10.5 Å². The predicted molar refractivity (Wildman–Crippen MR) is 66.1 cm³/mol. The number of morpholine rings is 1. The Morgan fingerprint density at radius 3 is 2.65 bits per heavy atom. The van der Waals surface area contributed by atoms with Gasteiger partial charge in [0.05, 0.1) is 26.5 Å². The van der Waals surface area contributed by atoms with Crippen LogP contribution in [0.2, 0.25) is 0 Å². The molecule has 1 N–H and O–H groups in total. The fourth-order valence-corrected chi connectivity index (χ4v) is 1.54. The molecule has 0 aromatic heterocycles. The number of hydrazone groups is 1. The lowest BCUT2D eigenvalue weighted by atomic mass is 10.2. The maximum atomic E-state index is 5.24. The molecular weight excluding hydrogens is 218 g/mol. The summed E-state index contributed by atoms with van der Waals surface area (Å²) in [5.41, 5.74) is 4.02. The van der Waals surface area contributed by atoms with Gasteiger partial charge in [-0.3, -0.25) is 0 Å². The summed E-state index contributed by atoms with van der Waals surface area (Å²) in [5.74, 6) is 0.850. The van der Waals surface area contributed by atoms with Crippen LogP contribution in [0.15, 0.2) is 29.4 Å². The van der Waals surface area contributed by atoms with E-state index in [9.17, 15) is 0 Å². The minimum atomic E-state index is 0.755. The molecule has 0 amide bonds. The first-order valence-electron chi connectivity index (χ1n) is 5.64. The van der Waals surface area contributed by atoms with Gasteiger partial charge in [-0.05, 0) is 29.8 Å². The lowest BCUT2D eigenvalue weighted by Gasteiger charge is -2.25. The number of rotatable bonds is 4. The molecule has 92 valence electrons. The molecule has 5 nitrogen and oxygen atoms in total. The molecule has 0 atom stereocenters. The number of nitrogens with one attached hydrogen (secondary N) is 1. The average Bonchev–Trinajstić information content (AvgIpc) is 2.41. The van der Waals surface area contributed by atoms with Crippen LogP contribution in [-0.4, -0.2) is 44.6 Å². The van der Waals surface area contributed by atoms with E-state index in [1.165, 1.54) is 0 Å². The molecule has 17 heavy (non-hydrogen) atoms. The van der Waals surface area contributed by atoms with Crippen molar-refractivity contribution in [3.63, 3.8) is 0 Å². The smallest absolute Gasteiger partial charge is 0.118 e. The van der Waals surface area contributed by atoms with Crippen LogP contribution in [0.1, 0.15) is 5.56 Å². The SMILES string of the molecule is COc1ccc(C=NNN2CCOCC2)cc1. The topological polar surface area (TPSA) is 46.1 Å².